The SMILES string of the molecule is Cc1ccc(C(=O)NC(C)c2cnn(C)c2C)c(F)c1. The van der Waals surface area contributed by atoms with E-state index in [0.29, 0.717) is 0 Å². The molecule has 0 fully saturated rings. The van der Waals surface area contributed by atoms with E-state index in [1.165, 1.54) is 12.1 Å². The van der Waals surface area contributed by atoms with Gasteiger partial charge in [-0.15, -0.1) is 0 Å². The first kappa shape index (κ1) is 14.2. The van der Waals surface area contributed by atoms with Crippen molar-refractivity contribution in [3.8, 4) is 0 Å². The fraction of sp³-hybridized carbons (Fsp3) is 0.333. The highest BCUT2D eigenvalue weighted by atomic mass is 19.1. The lowest BCUT2D eigenvalue weighted by molar-refractivity contribution is 0.0935. The first-order chi connectivity index (χ1) is 9.40. The molecule has 1 heterocycles. The summed E-state index contributed by atoms with van der Waals surface area (Å²) in [7, 11) is 1.84. The van der Waals surface area contributed by atoms with Crippen LogP contribution in [0.4, 0.5) is 4.39 Å². The average Bonchev–Trinajstić information content (AvgIpc) is 2.69. The van der Waals surface area contributed by atoms with Gasteiger partial charge in [-0.2, -0.15) is 5.10 Å². The number of carbonyl (C=O) groups is 1. The first-order valence-corrected chi connectivity index (χ1v) is 6.45. The standard InChI is InChI=1S/C15H18FN3O/c1-9-5-6-12(14(16)7-9)15(20)18-10(2)13-8-17-19(4)11(13)3/h5-8,10H,1-4H3,(H,18,20). The van der Waals surface area contributed by atoms with Gasteiger partial charge < -0.3 is 5.32 Å². The molecule has 1 N–H and O–H groups in total. The average molecular weight is 275 g/mol. The maximum atomic E-state index is 13.8. The van der Waals surface area contributed by atoms with Crippen LogP contribution >= 0.6 is 0 Å². The van der Waals surface area contributed by atoms with E-state index in [-0.39, 0.29) is 11.6 Å². The fourth-order valence-corrected chi connectivity index (χ4v) is 2.10. The van der Waals surface area contributed by atoms with Gasteiger partial charge in [0.25, 0.3) is 5.91 Å². The van der Waals surface area contributed by atoms with E-state index >= 15 is 0 Å². The van der Waals surface area contributed by atoms with E-state index < -0.39 is 11.7 Å². The molecule has 0 saturated carbocycles. The second kappa shape index (κ2) is 5.45. The Hall–Kier alpha value is -2.17. The molecule has 1 atom stereocenters. The third-order valence-corrected chi connectivity index (χ3v) is 3.46. The number of hydrogen-bond acceptors (Lipinski definition) is 2. The second-order valence-corrected chi connectivity index (χ2v) is 4.99. The summed E-state index contributed by atoms with van der Waals surface area (Å²) in [6.07, 6.45) is 1.71. The number of nitrogens with zero attached hydrogens (tertiary/aromatic N) is 2. The van der Waals surface area contributed by atoms with Crippen molar-refractivity contribution in [2.24, 2.45) is 7.05 Å². The number of amides is 1. The molecule has 0 saturated heterocycles. The maximum Gasteiger partial charge on any atom is 0.254 e. The zero-order valence-electron chi connectivity index (χ0n) is 12.1. The van der Waals surface area contributed by atoms with Crippen LogP contribution in [0.5, 0.6) is 0 Å². The summed E-state index contributed by atoms with van der Waals surface area (Å²) in [6, 6.07) is 4.35. The van der Waals surface area contributed by atoms with Gasteiger partial charge >= 0.3 is 0 Å². The molecule has 0 aliphatic rings. The Bertz CT molecular complexity index is 649. The van der Waals surface area contributed by atoms with Crippen molar-refractivity contribution in [3.63, 3.8) is 0 Å². The number of hydrogen-bond donors (Lipinski definition) is 1. The Morgan fingerprint density at radius 3 is 2.65 bits per heavy atom. The number of halogens is 1. The molecular formula is C15H18FN3O. The molecule has 0 aliphatic carbocycles. The van der Waals surface area contributed by atoms with Crippen molar-refractivity contribution < 1.29 is 9.18 Å². The first-order valence-electron chi connectivity index (χ1n) is 6.45. The highest BCUT2D eigenvalue weighted by Gasteiger charge is 2.17. The summed E-state index contributed by atoms with van der Waals surface area (Å²) >= 11 is 0. The van der Waals surface area contributed by atoms with Crippen LogP contribution in [-0.2, 0) is 7.05 Å². The fourth-order valence-electron chi connectivity index (χ4n) is 2.10. The van der Waals surface area contributed by atoms with Gasteiger partial charge in [-0.05, 0) is 38.5 Å². The number of carbonyl (C=O) groups excluding carboxylic acids is 1. The summed E-state index contributed by atoms with van der Waals surface area (Å²) in [4.78, 5) is 12.1. The largest absolute Gasteiger partial charge is 0.345 e. The van der Waals surface area contributed by atoms with Crippen LogP contribution in [0.3, 0.4) is 0 Å². The molecule has 106 valence electrons. The minimum Gasteiger partial charge on any atom is -0.345 e. The predicted octanol–water partition coefficient (Wildman–Crippen LogP) is 2.67. The minimum atomic E-state index is -0.502. The topological polar surface area (TPSA) is 46.9 Å². The smallest absolute Gasteiger partial charge is 0.254 e. The van der Waals surface area contributed by atoms with E-state index in [1.54, 1.807) is 23.9 Å². The Morgan fingerprint density at radius 1 is 1.40 bits per heavy atom. The van der Waals surface area contributed by atoms with Gasteiger partial charge in [0.1, 0.15) is 5.82 Å². The molecule has 5 heteroatoms. The Morgan fingerprint density at radius 2 is 2.10 bits per heavy atom. The second-order valence-electron chi connectivity index (χ2n) is 4.99. The van der Waals surface area contributed by atoms with Crippen LogP contribution in [0.1, 0.15) is 40.1 Å². The van der Waals surface area contributed by atoms with Gasteiger partial charge in [-0.1, -0.05) is 6.07 Å². The lowest BCUT2D eigenvalue weighted by atomic mass is 10.1. The zero-order chi connectivity index (χ0) is 14.9. The molecule has 1 aromatic heterocycles. The van der Waals surface area contributed by atoms with E-state index in [4.69, 9.17) is 0 Å². The highest BCUT2D eigenvalue weighted by molar-refractivity contribution is 5.94. The van der Waals surface area contributed by atoms with E-state index in [1.807, 2.05) is 20.9 Å². The number of rotatable bonds is 3. The molecule has 0 spiro atoms. The third-order valence-electron chi connectivity index (χ3n) is 3.46. The van der Waals surface area contributed by atoms with Crippen LogP contribution in [0.15, 0.2) is 24.4 Å². The molecule has 0 radical (unpaired) electrons. The number of aryl methyl sites for hydroxylation is 2. The normalized spacial score (nSPS) is 12.2. The van der Waals surface area contributed by atoms with Gasteiger partial charge in [0, 0.05) is 18.3 Å². The number of nitrogens with one attached hydrogen (secondary N) is 1. The van der Waals surface area contributed by atoms with Crippen molar-refractivity contribution in [1.82, 2.24) is 15.1 Å². The third kappa shape index (κ3) is 2.71. The summed E-state index contributed by atoms with van der Waals surface area (Å²) in [5.41, 5.74) is 2.75. The van der Waals surface area contributed by atoms with Crippen molar-refractivity contribution >= 4 is 5.91 Å². The molecule has 1 aromatic carbocycles. The van der Waals surface area contributed by atoms with Crippen molar-refractivity contribution in [1.29, 1.82) is 0 Å². The Kier molecular flexibility index (Phi) is 3.88. The van der Waals surface area contributed by atoms with Crippen LogP contribution in [0.25, 0.3) is 0 Å². The van der Waals surface area contributed by atoms with Gasteiger partial charge in [-0.25, -0.2) is 4.39 Å². The maximum absolute atomic E-state index is 13.8. The Labute approximate surface area is 117 Å². The molecule has 0 aliphatic heterocycles. The lowest BCUT2D eigenvalue weighted by Crippen LogP contribution is -2.27. The molecule has 4 nitrogen and oxygen atoms in total. The molecule has 2 aromatic rings. The monoisotopic (exact) mass is 275 g/mol. The summed E-state index contributed by atoms with van der Waals surface area (Å²) < 4.78 is 15.5. The predicted molar refractivity (Wildman–Crippen MR) is 75.0 cm³/mol. The highest BCUT2D eigenvalue weighted by Crippen LogP contribution is 2.17. The summed E-state index contributed by atoms with van der Waals surface area (Å²) in [5, 5.41) is 6.93. The minimum absolute atomic E-state index is 0.0593. The quantitative estimate of drug-likeness (QED) is 0.936. The Balaban J connectivity index is 2.17. The molecule has 1 amide bonds. The van der Waals surface area contributed by atoms with Gasteiger partial charge in [0.15, 0.2) is 0 Å². The zero-order valence-corrected chi connectivity index (χ0v) is 12.1. The van der Waals surface area contributed by atoms with Gasteiger partial charge in [0.2, 0.25) is 0 Å². The van der Waals surface area contributed by atoms with Crippen LogP contribution in [-0.4, -0.2) is 15.7 Å². The molecule has 2 rings (SSSR count). The summed E-state index contributed by atoms with van der Waals surface area (Å²) in [6.45, 7) is 5.57. The van der Waals surface area contributed by atoms with E-state index in [9.17, 15) is 9.18 Å². The molecule has 1 unspecified atom stereocenters. The molecule has 20 heavy (non-hydrogen) atoms. The van der Waals surface area contributed by atoms with E-state index in [0.717, 1.165) is 16.8 Å². The van der Waals surface area contributed by atoms with E-state index in [2.05, 4.69) is 10.4 Å². The van der Waals surface area contributed by atoms with Gasteiger partial charge in [-0.3, -0.25) is 9.48 Å². The lowest BCUT2D eigenvalue weighted by Gasteiger charge is -2.14. The molecule has 0 bridgehead atoms. The van der Waals surface area contributed by atoms with Crippen molar-refractivity contribution in [3.05, 3.63) is 52.6 Å². The summed E-state index contributed by atoms with van der Waals surface area (Å²) in [5.74, 6) is -0.920. The van der Waals surface area contributed by atoms with Gasteiger partial charge in [0.05, 0.1) is 17.8 Å². The number of aromatic nitrogens is 2. The van der Waals surface area contributed by atoms with Crippen LogP contribution in [0, 0.1) is 19.7 Å². The van der Waals surface area contributed by atoms with Crippen molar-refractivity contribution in [2.75, 3.05) is 0 Å². The van der Waals surface area contributed by atoms with Crippen LogP contribution < -0.4 is 5.32 Å². The van der Waals surface area contributed by atoms with Crippen LogP contribution in [0.2, 0.25) is 0 Å². The molecular weight excluding hydrogens is 257 g/mol. The van der Waals surface area contributed by atoms with Crippen molar-refractivity contribution in [2.45, 2.75) is 26.8 Å². The number of benzene rings is 1.